The molecule has 4 heteroatoms. The fourth-order valence-electron chi connectivity index (χ4n) is 1.71. The number of halogens is 1. The van der Waals surface area contributed by atoms with E-state index >= 15 is 0 Å². The van der Waals surface area contributed by atoms with Gasteiger partial charge in [0, 0.05) is 0 Å². The van der Waals surface area contributed by atoms with Crippen LogP contribution in [0.2, 0.25) is 0 Å². The molecule has 0 bridgehead atoms. The second-order valence-electron chi connectivity index (χ2n) is 4.02. The van der Waals surface area contributed by atoms with Gasteiger partial charge in [-0.2, -0.15) is 0 Å². The topological polar surface area (TPSA) is 35.2 Å². The van der Waals surface area contributed by atoms with Gasteiger partial charge in [-0.15, -0.1) is 0 Å². The molecule has 0 aliphatic rings. The third-order valence-corrected chi connectivity index (χ3v) is 4.85. The monoisotopic (exact) mass is 386 g/mol. The van der Waals surface area contributed by atoms with Crippen molar-refractivity contribution < 1.29 is 26.2 Å². The van der Waals surface area contributed by atoms with E-state index in [0.29, 0.717) is 0 Å². The van der Waals surface area contributed by atoms with Crippen LogP contribution in [0.4, 0.5) is 0 Å². The van der Waals surface area contributed by atoms with Crippen LogP contribution in [0.3, 0.4) is 0 Å². The summed E-state index contributed by atoms with van der Waals surface area (Å²) < 4.78 is 12.0. The summed E-state index contributed by atoms with van der Waals surface area (Å²) in [7, 11) is 1.69. The third-order valence-electron chi connectivity index (χ3n) is 2.69. The van der Waals surface area contributed by atoms with Crippen LogP contribution >= 0.6 is 11.8 Å². The van der Waals surface area contributed by atoms with E-state index in [4.69, 9.17) is 8.68 Å². The van der Waals surface area contributed by atoms with Crippen molar-refractivity contribution in [2.75, 3.05) is 11.5 Å². The molecule has 0 heterocycles. The predicted molar refractivity (Wildman–Crippen MR) is 76.3 cm³/mol. The Bertz CT molecular complexity index is 516. The molecular weight excluding hydrogens is 369 g/mol. The number of alkyl halides is 1. The summed E-state index contributed by atoms with van der Waals surface area (Å²) in [5.41, 5.74) is 1.38. The molecule has 0 radical (unpaired) electrons. The van der Waals surface area contributed by atoms with Gasteiger partial charge in [0.2, 0.25) is 0 Å². The first kappa shape index (κ1) is 14.7. The Morgan fingerprint density at radius 2 is 1.89 bits per heavy atom. The van der Waals surface area contributed by atoms with Gasteiger partial charge in [0.15, 0.2) is 0 Å². The van der Waals surface area contributed by atoms with Gasteiger partial charge in [-0.25, -0.2) is 0 Å². The molecule has 0 unspecified atom stereocenters. The van der Waals surface area contributed by atoms with Crippen LogP contribution in [0.5, 0.6) is 5.75 Å². The van der Waals surface area contributed by atoms with E-state index in [1.165, 1.54) is 15.4 Å². The molecule has 0 aromatic heterocycles. The molecule has 0 saturated heterocycles. The molecule has 0 fully saturated rings. The van der Waals surface area contributed by atoms with Gasteiger partial charge < -0.3 is 0 Å². The molecule has 2 aromatic carbocycles. The van der Waals surface area contributed by atoms with E-state index < -0.39 is 0 Å². The predicted octanol–water partition coefficient (Wildman–Crippen LogP) is 0.352. The Balaban J connectivity index is 2.05. The van der Waals surface area contributed by atoms with E-state index in [-0.39, 0.29) is 21.5 Å². The van der Waals surface area contributed by atoms with E-state index in [2.05, 4.69) is 36.4 Å². The van der Waals surface area contributed by atoms with Crippen molar-refractivity contribution in [2.45, 2.75) is 16.2 Å². The molecule has 0 spiro atoms. The van der Waals surface area contributed by atoms with Gasteiger partial charge in [-0.1, -0.05) is 0 Å². The van der Waals surface area contributed by atoms with Crippen LogP contribution in [0.15, 0.2) is 58.3 Å². The van der Waals surface area contributed by atoms with E-state index in [1.807, 2.05) is 12.1 Å². The Morgan fingerprint density at radius 3 is 2.58 bits per heavy atom. The second kappa shape index (κ2) is 7.77. The Kier molecular flexibility index (Phi) is 6.00. The van der Waals surface area contributed by atoms with Crippen LogP contribution in [0.1, 0.15) is 5.56 Å². The summed E-state index contributed by atoms with van der Waals surface area (Å²) in [5.74, 6) is 0.893. The van der Waals surface area contributed by atoms with Gasteiger partial charge in [0.1, 0.15) is 0 Å². The maximum atomic E-state index is 5.66. The molecule has 19 heavy (non-hydrogen) atoms. The number of methoxy groups -OCH3 is 1. The molecule has 0 aliphatic heterocycles. The Hall–Kier alpha value is -0.720. The van der Waals surface area contributed by atoms with Gasteiger partial charge in [0.25, 0.3) is 0 Å². The second-order valence-corrected chi connectivity index (χ2v) is 7.12. The summed E-state index contributed by atoms with van der Waals surface area (Å²) in [6, 6.07) is 16.9. The van der Waals surface area contributed by atoms with E-state index in [0.717, 1.165) is 16.6 Å². The first-order chi connectivity index (χ1) is 9.31. The fraction of sp³-hybridized carbons (Fsp3) is 0.200. The molecule has 0 saturated carbocycles. The number of ether oxygens (including phenoxy) is 1. The standard InChI is InChI=1S/C15H17INOS/c1-18-13-5-7-14(8-6-13)19-15-4-2-3-12(11-15)9-10-16-17/h2-8,11H,9-10,17H2,1H3/q-1. The molecule has 0 aliphatic carbocycles. The van der Waals surface area contributed by atoms with Gasteiger partial charge in [0.05, 0.1) is 0 Å². The molecule has 2 aromatic rings. The normalized spacial score (nSPS) is 10.6. The van der Waals surface area contributed by atoms with Crippen molar-refractivity contribution >= 4 is 11.8 Å². The number of aryl methyl sites for hydroxylation is 1. The van der Waals surface area contributed by atoms with Crippen molar-refractivity contribution in [1.82, 2.24) is 0 Å². The molecule has 0 atom stereocenters. The summed E-state index contributed by atoms with van der Waals surface area (Å²) in [4.78, 5) is 2.50. The van der Waals surface area contributed by atoms with Crippen LogP contribution < -0.4 is 30.2 Å². The van der Waals surface area contributed by atoms with Gasteiger partial charge >= 0.3 is 130 Å². The first-order valence-corrected chi connectivity index (χ1v) is 9.59. The first-order valence-electron chi connectivity index (χ1n) is 6.00. The van der Waals surface area contributed by atoms with Crippen molar-refractivity contribution in [3.63, 3.8) is 0 Å². The zero-order chi connectivity index (χ0) is 13.5. The minimum atomic E-state index is -0.104. The molecule has 2 nitrogen and oxygen atoms in total. The third kappa shape index (κ3) is 4.71. The van der Waals surface area contributed by atoms with Crippen LogP contribution in [-0.4, -0.2) is 11.5 Å². The van der Waals surface area contributed by atoms with Crippen molar-refractivity contribution in [3.8, 4) is 5.75 Å². The number of nitrogens with two attached hydrogens (primary N) is 1. The molecule has 102 valence electrons. The van der Waals surface area contributed by atoms with Gasteiger partial charge in [-0.05, 0) is 0 Å². The molecular formula is C15H17INOS-. The SMILES string of the molecule is COc1ccc(Sc2cccc(CC[I-]N)c2)cc1. The Morgan fingerprint density at radius 1 is 1.11 bits per heavy atom. The molecule has 2 N–H and O–H groups in total. The van der Waals surface area contributed by atoms with Gasteiger partial charge in [-0.3, -0.25) is 0 Å². The zero-order valence-electron chi connectivity index (χ0n) is 10.8. The quantitative estimate of drug-likeness (QED) is 0.442. The number of benzene rings is 2. The summed E-state index contributed by atoms with van der Waals surface area (Å²) in [6.45, 7) is 0. The van der Waals surface area contributed by atoms with Crippen molar-refractivity contribution in [1.29, 1.82) is 0 Å². The average molecular weight is 386 g/mol. The maximum absolute atomic E-state index is 5.66. The van der Waals surface area contributed by atoms with Crippen LogP contribution in [0, 0.1) is 0 Å². The summed E-state index contributed by atoms with van der Waals surface area (Å²) in [5, 5.41) is 0. The Labute approximate surface area is 129 Å². The summed E-state index contributed by atoms with van der Waals surface area (Å²) in [6.07, 6.45) is 1.10. The van der Waals surface area contributed by atoms with Crippen molar-refractivity contribution in [3.05, 3.63) is 54.1 Å². The van der Waals surface area contributed by atoms with E-state index in [9.17, 15) is 0 Å². The average Bonchev–Trinajstić information content (AvgIpc) is 2.46. The fourth-order valence-corrected chi connectivity index (χ4v) is 3.54. The van der Waals surface area contributed by atoms with Crippen molar-refractivity contribution in [2.24, 2.45) is 3.95 Å². The van der Waals surface area contributed by atoms with Crippen LogP contribution in [0.25, 0.3) is 0 Å². The van der Waals surface area contributed by atoms with E-state index in [1.54, 1.807) is 18.9 Å². The number of rotatable bonds is 6. The molecule has 0 amide bonds. The number of hydrogen-bond acceptors (Lipinski definition) is 3. The zero-order valence-corrected chi connectivity index (χ0v) is 13.8. The minimum absolute atomic E-state index is 0.104. The summed E-state index contributed by atoms with van der Waals surface area (Å²) >= 11 is 1.67. The van der Waals surface area contributed by atoms with Crippen LogP contribution in [-0.2, 0) is 6.42 Å². The molecule has 2 rings (SSSR count). The number of hydrogen-bond donors (Lipinski definition) is 1.